The van der Waals surface area contributed by atoms with Crippen molar-refractivity contribution in [1.82, 2.24) is 4.90 Å². The molecule has 1 aliphatic rings. The van der Waals surface area contributed by atoms with E-state index < -0.39 is 5.91 Å². The first-order valence-corrected chi connectivity index (χ1v) is 7.91. The maximum atomic E-state index is 12.4. The first kappa shape index (κ1) is 21.2. The number of hydrogen-bond acceptors (Lipinski definition) is 5. The molecule has 25 heavy (non-hydrogen) atoms. The Morgan fingerprint density at radius 2 is 1.96 bits per heavy atom. The van der Waals surface area contributed by atoms with Crippen molar-refractivity contribution in [2.75, 3.05) is 62.9 Å². The van der Waals surface area contributed by atoms with Crippen LogP contribution in [0.2, 0.25) is 0 Å². The molecule has 0 aromatic heterocycles. The van der Waals surface area contributed by atoms with E-state index in [9.17, 15) is 14.8 Å². The lowest BCUT2D eigenvalue weighted by Gasteiger charge is -2.40. The van der Waals surface area contributed by atoms with Crippen molar-refractivity contribution in [3.8, 4) is 0 Å². The molecular weight excluding hydrogens is 346 g/mol. The average molecular weight is 372 g/mol. The summed E-state index contributed by atoms with van der Waals surface area (Å²) >= 11 is 0. The number of halogens is 1. The molecule has 2 amide bonds. The van der Waals surface area contributed by atoms with E-state index >= 15 is 0 Å². The summed E-state index contributed by atoms with van der Waals surface area (Å²) in [7, 11) is 4.07. The van der Waals surface area contributed by atoms with Gasteiger partial charge in [-0.3, -0.25) is 19.7 Å². The van der Waals surface area contributed by atoms with Crippen LogP contribution in [0.3, 0.4) is 0 Å². The Labute approximate surface area is 154 Å². The normalized spacial score (nSPS) is 16.6. The molecule has 1 fully saturated rings. The van der Waals surface area contributed by atoms with Gasteiger partial charge in [0, 0.05) is 25.7 Å². The number of anilines is 3. The third kappa shape index (κ3) is 5.57. The third-order valence-electron chi connectivity index (χ3n) is 4.37. The summed E-state index contributed by atoms with van der Waals surface area (Å²) in [4.78, 5) is 25.7. The van der Waals surface area contributed by atoms with Crippen LogP contribution in [0.5, 0.6) is 0 Å². The molecule has 4 N–H and O–H groups in total. The zero-order valence-electron chi connectivity index (χ0n) is 14.8. The summed E-state index contributed by atoms with van der Waals surface area (Å²) in [5, 5.41) is 13.4. The van der Waals surface area contributed by atoms with E-state index in [0.717, 1.165) is 26.2 Å². The van der Waals surface area contributed by atoms with Crippen molar-refractivity contribution in [2.45, 2.75) is 6.92 Å². The van der Waals surface area contributed by atoms with E-state index in [1.165, 1.54) is 19.1 Å². The number of nitrogens with one attached hydrogen (secondary N) is 1. The molecule has 0 aliphatic carbocycles. The SMILES string of the molecule is CC(=O)Nc1ccc(N(O)C(=O)C[N+]2(C)CCN(C)CC2)c(N)c1.[Cl-]. The molecule has 0 bridgehead atoms. The Hall–Kier alpha value is -1.87. The van der Waals surface area contributed by atoms with Crippen LogP contribution in [0.1, 0.15) is 6.92 Å². The molecule has 0 unspecified atom stereocenters. The number of hydroxylamine groups is 1. The number of piperazine rings is 1. The number of nitrogens with two attached hydrogens (primary N) is 1. The van der Waals surface area contributed by atoms with Gasteiger partial charge < -0.3 is 27.9 Å². The minimum Gasteiger partial charge on any atom is -1.00 e. The molecule has 1 aromatic rings. The van der Waals surface area contributed by atoms with Crippen molar-refractivity contribution in [2.24, 2.45) is 0 Å². The van der Waals surface area contributed by atoms with Crippen LogP contribution >= 0.6 is 0 Å². The van der Waals surface area contributed by atoms with Crippen LogP contribution in [0, 0.1) is 0 Å². The highest BCUT2D eigenvalue weighted by Crippen LogP contribution is 2.26. The average Bonchev–Trinajstić information content (AvgIpc) is 2.49. The minimum atomic E-state index is -0.402. The number of benzene rings is 1. The fourth-order valence-corrected chi connectivity index (χ4v) is 2.76. The number of amides is 2. The largest absolute Gasteiger partial charge is 1.00 e. The molecular formula is C16H26ClN5O3. The van der Waals surface area contributed by atoms with Gasteiger partial charge in [0.15, 0.2) is 6.54 Å². The van der Waals surface area contributed by atoms with Gasteiger partial charge >= 0.3 is 5.91 Å². The van der Waals surface area contributed by atoms with Gasteiger partial charge in [0.05, 0.1) is 31.5 Å². The molecule has 0 radical (unpaired) electrons. The summed E-state index contributed by atoms with van der Waals surface area (Å²) in [6.07, 6.45) is 0. The number of carbonyl (C=O) groups is 2. The van der Waals surface area contributed by atoms with Crippen LogP contribution < -0.4 is 28.5 Å². The van der Waals surface area contributed by atoms with E-state index in [4.69, 9.17) is 5.73 Å². The first-order valence-electron chi connectivity index (χ1n) is 7.91. The van der Waals surface area contributed by atoms with Crippen molar-refractivity contribution in [3.05, 3.63) is 18.2 Å². The van der Waals surface area contributed by atoms with Crippen LogP contribution in [0.15, 0.2) is 18.2 Å². The standard InChI is InChI=1S/C16H25N5O3.ClH/c1-12(22)18-13-4-5-15(14(17)10-13)20(24)16(23)11-21(3)8-6-19(2)7-9-21;/h4-5,10,24H,6-9,11,17H2,1-3H3;1H. The van der Waals surface area contributed by atoms with Gasteiger partial charge in [-0.25, -0.2) is 0 Å². The lowest BCUT2D eigenvalue weighted by Crippen LogP contribution is -3.00. The highest BCUT2D eigenvalue weighted by Gasteiger charge is 2.32. The molecule has 8 nitrogen and oxygen atoms in total. The number of rotatable bonds is 4. The van der Waals surface area contributed by atoms with Crippen molar-refractivity contribution >= 4 is 28.9 Å². The zero-order chi connectivity index (χ0) is 17.9. The fourth-order valence-electron chi connectivity index (χ4n) is 2.76. The molecule has 0 spiro atoms. The topological polar surface area (TPSA) is 98.9 Å². The Morgan fingerprint density at radius 3 is 2.48 bits per heavy atom. The summed E-state index contributed by atoms with van der Waals surface area (Å²) in [6.45, 7) is 5.15. The summed E-state index contributed by atoms with van der Waals surface area (Å²) in [6, 6.07) is 4.62. The number of hydrogen-bond donors (Lipinski definition) is 3. The Morgan fingerprint density at radius 1 is 1.36 bits per heavy atom. The fraction of sp³-hybridized carbons (Fsp3) is 0.500. The smallest absolute Gasteiger partial charge is 0.305 e. The van der Waals surface area contributed by atoms with Gasteiger partial charge in [0.25, 0.3) is 0 Å². The molecule has 1 saturated heterocycles. The molecule has 1 aliphatic heterocycles. The van der Waals surface area contributed by atoms with Crippen molar-refractivity contribution in [3.63, 3.8) is 0 Å². The van der Waals surface area contributed by atoms with Gasteiger partial charge in [0.2, 0.25) is 5.91 Å². The molecule has 1 aromatic carbocycles. The van der Waals surface area contributed by atoms with E-state index in [0.29, 0.717) is 15.2 Å². The number of likely N-dealkylation sites (N-methyl/N-ethyl adjacent to an activating group) is 2. The van der Waals surface area contributed by atoms with Crippen molar-refractivity contribution < 1.29 is 31.7 Å². The molecule has 2 rings (SSSR count). The molecule has 0 atom stereocenters. The Balaban J connectivity index is 0.00000312. The quantitative estimate of drug-likeness (QED) is 0.232. The van der Waals surface area contributed by atoms with Gasteiger partial charge in [0.1, 0.15) is 0 Å². The van der Waals surface area contributed by atoms with Crippen LogP contribution in [-0.4, -0.2) is 73.2 Å². The van der Waals surface area contributed by atoms with Gasteiger partial charge in [-0.1, -0.05) is 0 Å². The minimum absolute atomic E-state index is 0. The number of carbonyl (C=O) groups excluding carboxylic acids is 2. The second kappa shape index (κ2) is 8.48. The predicted molar refractivity (Wildman–Crippen MR) is 92.7 cm³/mol. The van der Waals surface area contributed by atoms with Gasteiger partial charge in [-0.15, -0.1) is 0 Å². The first-order chi connectivity index (χ1) is 11.2. The summed E-state index contributed by atoms with van der Waals surface area (Å²) < 4.78 is 0.587. The highest BCUT2D eigenvalue weighted by molar-refractivity contribution is 5.96. The molecule has 1 heterocycles. The highest BCUT2D eigenvalue weighted by atomic mass is 35.5. The molecule has 9 heteroatoms. The summed E-state index contributed by atoms with van der Waals surface area (Å²) in [5.41, 5.74) is 6.86. The van der Waals surface area contributed by atoms with Crippen LogP contribution in [-0.2, 0) is 9.59 Å². The maximum absolute atomic E-state index is 12.4. The van der Waals surface area contributed by atoms with Crippen LogP contribution in [0.25, 0.3) is 0 Å². The Bertz CT molecular complexity index is 632. The number of quaternary nitrogens is 1. The van der Waals surface area contributed by atoms with Gasteiger partial charge in [-0.05, 0) is 25.2 Å². The van der Waals surface area contributed by atoms with E-state index in [2.05, 4.69) is 17.3 Å². The van der Waals surface area contributed by atoms with E-state index in [1.54, 1.807) is 6.07 Å². The molecule has 140 valence electrons. The van der Waals surface area contributed by atoms with Crippen LogP contribution in [0.4, 0.5) is 17.1 Å². The maximum Gasteiger partial charge on any atom is 0.305 e. The monoisotopic (exact) mass is 371 g/mol. The predicted octanol–water partition coefficient (Wildman–Crippen LogP) is -2.65. The second-order valence-corrected chi connectivity index (χ2v) is 6.69. The third-order valence-corrected chi connectivity index (χ3v) is 4.37. The lowest BCUT2D eigenvalue weighted by molar-refractivity contribution is -0.906. The number of nitrogens with zero attached hydrogens (tertiary/aromatic N) is 3. The zero-order valence-corrected chi connectivity index (χ0v) is 15.6. The summed E-state index contributed by atoms with van der Waals surface area (Å²) in [5.74, 6) is -0.618. The van der Waals surface area contributed by atoms with Crippen molar-refractivity contribution in [1.29, 1.82) is 0 Å². The van der Waals surface area contributed by atoms with E-state index in [-0.39, 0.29) is 36.2 Å². The van der Waals surface area contributed by atoms with E-state index in [1.807, 2.05) is 7.05 Å². The Kier molecular flexibility index (Phi) is 7.18. The lowest BCUT2D eigenvalue weighted by atomic mass is 10.2. The molecule has 0 saturated carbocycles. The van der Waals surface area contributed by atoms with Gasteiger partial charge in [-0.2, -0.15) is 5.06 Å². The second-order valence-electron chi connectivity index (χ2n) is 6.69. The number of nitrogen functional groups attached to an aromatic ring is 1.